The number of carbonyl (C=O) groups excluding carboxylic acids is 1. The van der Waals surface area contributed by atoms with Gasteiger partial charge in [0.25, 0.3) is 0 Å². The average molecular weight is 275 g/mol. The van der Waals surface area contributed by atoms with Crippen molar-refractivity contribution in [3.63, 3.8) is 0 Å². The molecule has 1 aromatic heterocycles. The Bertz CT molecular complexity index is 479. The third kappa shape index (κ3) is 4.05. The van der Waals surface area contributed by atoms with Gasteiger partial charge in [0.2, 0.25) is 0 Å². The summed E-state index contributed by atoms with van der Waals surface area (Å²) in [5.41, 5.74) is 2.27. The number of Topliss-reactive ketones (excluding diaryl/α,β-unsaturated/α-hetero) is 1. The molecule has 5 nitrogen and oxygen atoms in total. The number of hydrogen-bond acceptors (Lipinski definition) is 5. The highest BCUT2D eigenvalue weighted by Crippen LogP contribution is 2.19. The average Bonchev–Trinajstić information content (AvgIpc) is 2.42. The first kappa shape index (κ1) is 15.0. The van der Waals surface area contributed by atoms with Gasteiger partial charge in [-0.3, -0.25) is 4.79 Å². The predicted octanol–water partition coefficient (Wildman–Crippen LogP) is 0.983. The topological polar surface area (TPSA) is 65.5 Å². The maximum atomic E-state index is 11.2. The number of rotatable bonds is 6. The van der Waals surface area contributed by atoms with Gasteiger partial charge in [-0.2, -0.15) is 0 Å². The van der Waals surface area contributed by atoms with Gasteiger partial charge in [-0.1, -0.05) is 6.07 Å². The molecule has 1 aliphatic rings. The molecule has 2 N–H and O–H groups in total. The molecule has 2 heterocycles. The summed E-state index contributed by atoms with van der Waals surface area (Å²) in [5, 5.41) is 13.0. The Hall–Kier alpha value is -1.40. The summed E-state index contributed by atoms with van der Waals surface area (Å²) in [6.07, 6.45) is 2.97. The molecule has 0 atom stereocenters. The molecule has 20 heavy (non-hydrogen) atoms. The van der Waals surface area contributed by atoms with Crippen LogP contribution >= 0.6 is 0 Å². The number of nitrogens with one attached hydrogen (secondary N) is 1. The van der Waals surface area contributed by atoms with Crippen molar-refractivity contribution < 1.29 is 9.82 Å². The first-order valence-electron chi connectivity index (χ1n) is 7.20. The Morgan fingerprint density at radius 1 is 1.55 bits per heavy atom. The summed E-state index contributed by atoms with van der Waals surface area (Å²) in [4.78, 5) is 17.6. The van der Waals surface area contributed by atoms with Crippen molar-refractivity contribution in [3.05, 3.63) is 23.4 Å². The molecule has 0 bridgehead atoms. The summed E-state index contributed by atoms with van der Waals surface area (Å²) >= 11 is 0. The molecular weight excluding hydrogens is 253 g/mol. The van der Waals surface area contributed by atoms with E-state index in [1.165, 1.54) is 12.5 Å². The van der Waals surface area contributed by atoms with E-state index in [1.807, 2.05) is 6.07 Å². The van der Waals surface area contributed by atoms with Crippen molar-refractivity contribution in [2.24, 2.45) is 0 Å². The minimum Gasteiger partial charge on any atom is -0.437 e. The summed E-state index contributed by atoms with van der Waals surface area (Å²) in [5.74, 6) is 1.05. The van der Waals surface area contributed by atoms with E-state index in [-0.39, 0.29) is 12.3 Å². The molecule has 0 aromatic carbocycles. The van der Waals surface area contributed by atoms with E-state index < -0.39 is 7.05 Å². The van der Waals surface area contributed by atoms with Crippen LogP contribution < -0.4 is 5.32 Å². The normalized spacial score (nSPS) is 13.8. The highest BCUT2D eigenvalue weighted by atomic mass is 16.2. The third-order valence-electron chi connectivity index (χ3n) is 3.56. The van der Waals surface area contributed by atoms with Crippen LogP contribution in [0.15, 0.2) is 12.1 Å². The second kappa shape index (κ2) is 6.86. The Kier molecular flexibility index (Phi) is 5.14. The number of aromatic nitrogens is 1. The molecule has 0 amide bonds. The fourth-order valence-corrected chi connectivity index (χ4v) is 2.45. The second-order valence-electron chi connectivity index (χ2n) is 5.40. The van der Waals surface area contributed by atoms with Crippen molar-refractivity contribution >= 4 is 18.7 Å². The molecule has 0 unspecified atom stereocenters. The molecule has 0 radical (unpaired) electrons. The highest BCUT2D eigenvalue weighted by molar-refractivity contribution is 6.45. The fraction of sp³-hybridized carbons (Fsp3) is 0.571. The van der Waals surface area contributed by atoms with Gasteiger partial charge in [0.05, 0.1) is 0 Å². The smallest absolute Gasteiger partial charge is 0.376 e. The van der Waals surface area contributed by atoms with E-state index in [9.17, 15) is 9.82 Å². The Labute approximate surface area is 120 Å². The minimum absolute atomic E-state index is 0.0611. The SMILES string of the molecule is CB(O)N(CCc1ccc2c(n1)NCCC2)CC(C)=O. The fourth-order valence-electron chi connectivity index (χ4n) is 2.45. The zero-order valence-electron chi connectivity index (χ0n) is 12.2. The van der Waals surface area contributed by atoms with Crippen LogP contribution in [0.5, 0.6) is 0 Å². The van der Waals surface area contributed by atoms with Crippen LogP contribution in [0.4, 0.5) is 5.82 Å². The van der Waals surface area contributed by atoms with Gasteiger partial charge < -0.3 is 15.2 Å². The largest absolute Gasteiger partial charge is 0.437 e. The number of fused-ring (bicyclic) bond motifs is 1. The van der Waals surface area contributed by atoms with Crippen LogP contribution in [0.3, 0.4) is 0 Å². The van der Waals surface area contributed by atoms with Crippen LogP contribution in [-0.4, -0.2) is 47.3 Å². The molecule has 1 aromatic rings. The Morgan fingerprint density at radius 2 is 2.35 bits per heavy atom. The number of ketones is 1. The molecule has 2 rings (SSSR count). The van der Waals surface area contributed by atoms with E-state index in [4.69, 9.17) is 0 Å². The van der Waals surface area contributed by atoms with Crippen LogP contribution in [0, 0.1) is 0 Å². The van der Waals surface area contributed by atoms with E-state index in [1.54, 1.807) is 11.6 Å². The zero-order valence-corrected chi connectivity index (χ0v) is 12.2. The quantitative estimate of drug-likeness (QED) is 0.758. The molecular formula is C14H22BN3O2. The van der Waals surface area contributed by atoms with Gasteiger partial charge in [0.15, 0.2) is 0 Å². The zero-order chi connectivity index (χ0) is 14.5. The summed E-state index contributed by atoms with van der Waals surface area (Å²) in [7, 11) is -0.616. The number of hydrogen-bond donors (Lipinski definition) is 2. The van der Waals surface area contributed by atoms with Crippen molar-refractivity contribution in [1.29, 1.82) is 0 Å². The van der Waals surface area contributed by atoms with Crippen molar-refractivity contribution in [2.75, 3.05) is 25.0 Å². The first-order valence-corrected chi connectivity index (χ1v) is 7.20. The molecule has 0 fully saturated rings. The predicted molar refractivity (Wildman–Crippen MR) is 80.8 cm³/mol. The molecule has 1 aliphatic heterocycles. The van der Waals surface area contributed by atoms with E-state index in [2.05, 4.69) is 16.4 Å². The molecule has 0 saturated carbocycles. The lowest BCUT2D eigenvalue weighted by atomic mass is 9.84. The molecule has 0 aliphatic carbocycles. The monoisotopic (exact) mass is 275 g/mol. The second-order valence-corrected chi connectivity index (χ2v) is 5.40. The van der Waals surface area contributed by atoms with E-state index >= 15 is 0 Å². The minimum atomic E-state index is -0.616. The third-order valence-corrected chi connectivity index (χ3v) is 3.56. The van der Waals surface area contributed by atoms with Crippen LogP contribution in [0.2, 0.25) is 6.82 Å². The van der Waals surface area contributed by atoms with Gasteiger partial charge >= 0.3 is 7.05 Å². The number of anilines is 1. The van der Waals surface area contributed by atoms with Crippen LogP contribution in [0.25, 0.3) is 0 Å². The van der Waals surface area contributed by atoms with Gasteiger partial charge in [-0.15, -0.1) is 0 Å². The van der Waals surface area contributed by atoms with Crippen LogP contribution in [0.1, 0.15) is 24.6 Å². The van der Waals surface area contributed by atoms with Gasteiger partial charge in [0, 0.05) is 25.2 Å². The molecule has 6 heteroatoms. The maximum Gasteiger partial charge on any atom is 0.376 e. The van der Waals surface area contributed by atoms with Gasteiger partial charge in [-0.05, 0) is 44.8 Å². The van der Waals surface area contributed by atoms with Crippen LogP contribution in [-0.2, 0) is 17.6 Å². The van der Waals surface area contributed by atoms with E-state index in [0.29, 0.717) is 6.54 Å². The maximum absolute atomic E-state index is 11.2. The Balaban J connectivity index is 1.97. The lowest BCUT2D eigenvalue weighted by Gasteiger charge is -2.22. The number of pyridine rings is 1. The van der Waals surface area contributed by atoms with Crippen molar-refractivity contribution in [2.45, 2.75) is 33.0 Å². The summed E-state index contributed by atoms with van der Waals surface area (Å²) < 4.78 is 0. The molecule has 0 spiro atoms. The number of nitrogens with zero attached hydrogens (tertiary/aromatic N) is 2. The van der Waals surface area contributed by atoms with Gasteiger partial charge in [-0.25, -0.2) is 4.98 Å². The van der Waals surface area contributed by atoms with Crippen molar-refractivity contribution in [3.8, 4) is 0 Å². The number of carbonyl (C=O) groups is 1. The number of aryl methyl sites for hydroxylation is 1. The van der Waals surface area contributed by atoms with Crippen molar-refractivity contribution in [1.82, 2.24) is 9.79 Å². The molecule has 0 saturated heterocycles. The summed E-state index contributed by atoms with van der Waals surface area (Å²) in [6.45, 7) is 5.11. The van der Waals surface area contributed by atoms with Gasteiger partial charge in [0.1, 0.15) is 11.6 Å². The highest BCUT2D eigenvalue weighted by Gasteiger charge is 2.18. The molecule has 108 valence electrons. The lowest BCUT2D eigenvalue weighted by Crippen LogP contribution is -2.41. The van der Waals surface area contributed by atoms with E-state index in [0.717, 1.165) is 37.3 Å². The Morgan fingerprint density at radius 3 is 3.05 bits per heavy atom. The lowest BCUT2D eigenvalue weighted by molar-refractivity contribution is -0.117. The summed E-state index contributed by atoms with van der Waals surface area (Å²) in [6, 6.07) is 4.17. The standard InChI is InChI=1S/C14H22BN3O2/c1-11(19)10-18(15(2)20)9-7-13-6-5-12-4-3-8-16-14(12)17-13/h5-6,20H,3-4,7-10H2,1-2H3,(H,16,17). The first-order chi connectivity index (χ1) is 9.56.